The molecule has 1 heterocycles. The van der Waals surface area contributed by atoms with E-state index in [4.69, 9.17) is 16.1 Å². The van der Waals surface area contributed by atoms with Crippen LogP contribution in [-0.4, -0.2) is 23.6 Å². The first-order valence-corrected chi connectivity index (χ1v) is 5.55. The molecule has 0 saturated carbocycles. The number of amides is 2. The molecule has 0 unspecified atom stereocenters. The SMILES string of the molecule is CC(C)(C)c1cc(NC(=O)NCCCl)on1. The molecule has 2 N–H and O–H groups in total. The normalized spacial score (nSPS) is 11.2. The second kappa shape index (κ2) is 5.21. The Bertz CT molecular complexity index is 357. The molecule has 0 atom stereocenters. The Morgan fingerprint density at radius 1 is 1.56 bits per heavy atom. The van der Waals surface area contributed by atoms with E-state index in [-0.39, 0.29) is 11.4 Å². The lowest BCUT2D eigenvalue weighted by Gasteiger charge is -2.12. The van der Waals surface area contributed by atoms with Crippen LogP contribution < -0.4 is 10.6 Å². The third-order valence-corrected chi connectivity index (χ3v) is 2.08. The predicted octanol–water partition coefficient (Wildman–Crippen LogP) is 2.33. The molecule has 0 fully saturated rings. The number of alkyl halides is 1. The van der Waals surface area contributed by atoms with Crippen LogP contribution in [0.4, 0.5) is 10.7 Å². The molecule has 1 aromatic rings. The number of hydrogen-bond donors (Lipinski definition) is 2. The summed E-state index contributed by atoms with van der Waals surface area (Å²) in [5.74, 6) is 0.703. The molecule has 0 spiro atoms. The summed E-state index contributed by atoms with van der Waals surface area (Å²) in [6.07, 6.45) is 0. The zero-order valence-corrected chi connectivity index (χ0v) is 10.4. The highest BCUT2D eigenvalue weighted by Gasteiger charge is 2.19. The van der Waals surface area contributed by atoms with E-state index in [9.17, 15) is 4.79 Å². The van der Waals surface area contributed by atoms with E-state index in [0.717, 1.165) is 5.69 Å². The van der Waals surface area contributed by atoms with Crippen LogP contribution in [0.3, 0.4) is 0 Å². The van der Waals surface area contributed by atoms with Gasteiger partial charge in [0.1, 0.15) is 0 Å². The summed E-state index contributed by atoms with van der Waals surface area (Å²) in [5.41, 5.74) is 0.691. The van der Waals surface area contributed by atoms with Crippen LogP contribution in [0.2, 0.25) is 0 Å². The van der Waals surface area contributed by atoms with Crippen LogP contribution in [0, 0.1) is 0 Å². The van der Waals surface area contributed by atoms with Crippen LogP contribution in [0.5, 0.6) is 0 Å². The van der Waals surface area contributed by atoms with Crippen molar-refractivity contribution in [3.8, 4) is 0 Å². The fourth-order valence-electron chi connectivity index (χ4n) is 1.00. The summed E-state index contributed by atoms with van der Waals surface area (Å²) < 4.78 is 4.99. The van der Waals surface area contributed by atoms with Crippen LogP contribution in [0.25, 0.3) is 0 Å². The minimum absolute atomic E-state index is 0.101. The van der Waals surface area contributed by atoms with E-state index in [1.807, 2.05) is 20.8 Å². The number of carbonyl (C=O) groups is 1. The lowest BCUT2D eigenvalue weighted by molar-refractivity contribution is 0.251. The van der Waals surface area contributed by atoms with Crippen LogP contribution >= 0.6 is 11.6 Å². The summed E-state index contributed by atoms with van der Waals surface area (Å²) in [5, 5.41) is 8.97. The first kappa shape index (κ1) is 12.8. The second-order valence-electron chi connectivity index (χ2n) is 4.40. The van der Waals surface area contributed by atoms with Crippen molar-refractivity contribution in [1.29, 1.82) is 0 Å². The van der Waals surface area contributed by atoms with Gasteiger partial charge in [-0.3, -0.25) is 5.32 Å². The Balaban J connectivity index is 2.56. The molecule has 1 aromatic heterocycles. The van der Waals surface area contributed by atoms with Crippen molar-refractivity contribution in [2.45, 2.75) is 26.2 Å². The molecule has 0 aliphatic rings. The highest BCUT2D eigenvalue weighted by atomic mass is 35.5. The Morgan fingerprint density at radius 3 is 2.75 bits per heavy atom. The van der Waals surface area contributed by atoms with E-state index in [0.29, 0.717) is 18.3 Å². The maximum absolute atomic E-state index is 11.3. The van der Waals surface area contributed by atoms with Crippen molar-refractivity contribution >= 4 is 23.5 Å². The molecule has 1 rings (SSSR count). The second-order valence-corrected chi connectivity index (χ2v) is 4.77. The first-order chi connectivity index (χ1) is 7.43. The van der Waals surface area contributed by atoms with Gasteiger partial charge in [-0.05, 0) is 0 Å². The molecule has 0 radical (unpaired) electrons. The molecular formula is C10H16ClN3O2. The third-order valence-electron chi connectivity index (χ3n) is 1.90. The molecule has 0 aromatic carbocycles. The summed E-state index contributed by atoms with van der Waals surface area (Å²) in [6.45, 7) is 6.46. The van der Waals surface area contributed by atoms with Gasteiger partial charge in [-0.15, -0.1) is 11.6 Å². The monoisotopic (exact) mass is 245 g/mol. The average Bonchev–Trinajstić information content (AvgIpc) is 2.62. The van der Waals surface area contributed by atoms with Crippen molar-refractivity contribution in [3.63, 3.8) is 0 Å². The van der Waals surface area contributed by atoms with Crippen LogP contribution in [-0.2, 0) is 5.41 Å². The summed E-state index contributed by atoms with van der Waals surface area (Å²) in [6, 6.07) is 1.36. The highest BCUT2D eigenvalue weighted by molar-refractivity contribution is 6.18. The molecule has 0 bridgehead atoms. The quantitative estimate of drug-likeness (QED) is 0.804. The number of nitrogens with one attached hydrogen (secondary N) is 2. The number of carbonyl (C=O) groups excluding carboxylic acids is 1. The van der Waals surface area contributed by atoms with Gasteiger partial charge in [0, 0.05) is 23.9 Å². The predicted molar refractivity (Wildman–Crippen MR) is 62.9 cm³/mol. The van der Waals surface area contributed by atoms with Gasteiger partial charge in [0.25, 0.3) is 0 Å². The van der Waals surface area contributed by atoms with Gasteiger partial charge in [-0.2, -0.15) is 0 Å². The van der Waals surface area contributed by atoms with Crippen molar-refractivity contribution < 1.29 is 9.32 Å². The summed E-state index contributed by atoms with van der Waals surface area (Å²) in [7, 11) is 0. The molecule has 0 aliphatic carbocycles. The van der Waals surface area contributed by atoms with E-state index >= 15 is 0 Å². The Morgan fingerprint density at radius 2 is 2.25 bits per heavy atom. The fraction of sp³-hybridized carbons (Fsp3) is 0.600. The average molecular weight is 246 g/mol. The number of nitrogens with zero attached hydrogens (tertiary/aromatic N) is 1. The summed E-state index contributed by atoms with van der Waals surface area (Å²) in [4.78, 5) is 11.3. The number of urea groups is 1. The topological polar surface area (TPSA) is 67.2 Å². The van der Waals surface area contributed by atoms with Crippen molar-refractivity contribution in [2.24, 2.45) is 0 Å². The van der Waals surface area contributed by atoms with Gasteiger partial charge in [-0.1, -0.05) is 25.9 Å². The van der Waals surface area contributed by atoms with Crippen LogP contribution in [0.15, 0.2) is 10.6 Å². The molecule has 5 nitrogen and oxygen atoms in total. The van der Waals surface area contributed by atoms with Gasteiger partial charge >= 0.3 is 6.03 Å². The first-order valence-electron chi connectivity index (χ1n) is 5.01. The Kier molecular flexibility index (Phi) is 4.18. The van der Waals surface area contributed by atoms with E-state index in [1.165, 1.54) is 0 Å². The maximum atomic E-state index is 11.3. The lowest BCUT2D eigenvalue weighted by Crippen LogP contribution is -2.30. The van der Waals surface area contributed by atoms with Gasteiger partial charge in [-0.25, -0.2) is 4.79 Å². The number of hydrogen-bond acceptors (Lipinski definition) is 3. The third kappa shape index (κ3) is 3.73. The highest BCUT2D eigenvalue weighted by Crippen LogP contribution is 2.23. The van der Waals surface area contributed by atoms with Crippen LogP contribution in [0.1, 0.15) is 26.5 Å². The van der Waals surface area contributed by atoms with E-state index < -0.39 is 0 Å². The van der Waals surface area contributed by atoms with Gasteiger partial charge < -0.3 is 9.84 Å². The largest absolute Gasteiger partial charge is 0.338 e. The summed E-state index contributed by atoms with van der Waals surface area (Å²) >= 11 is 5.43. The van der Waals surface area contributed by atoms with Gasteiger partial charge in [0.2, 0.25) is 5.88 Å². The maximum Gasteiger partial charge on any atom is 0.321 e. The smallest absolute Gasteiger partial charge is 0.321 e. The Labute approximate surface area is 99.5 Å². The number of anilines is 1. The zero-order valence-electron chi connectivity index (χ0n) is 9.63. The molecular weight excluding hydrogens is 230 g/mol. The number of aromatic nitrogens is 1. The zero-order chi connectivity index (χ0) is 12.2. The minimum atomic E-state index is -0.350. The Hall–Kier alpha value is -1.23. The van der Waals surface area contributed by atoms with Gasteiger partial charge in [0.15, 0.2) is 0 Å². The molecule has 0 aliphatic heterocycles. The van der Waals surface area contributed by atoms with Crippen molar-refractivity contribution in [1.82, 2.24) is 10.5 Å². The minimum Gasteiger partial charge on any atom is -0.338 e. The molecule has 0 saturated heterocycles. The lowest BCUT2D eigenvalue weighted by atomic mass is 9.92. The molecule has 6 heteroatoms. The molecule has 90 valence electrons. The van der Waals surface area contributed by atoms with E-state index in [1.54, 1.807) is 6.07 Å². The molecule has 2 amide bonds. The van der Waals surface area contributed by atoms with Crippen molar-refractivity contribution in [3.05, 3.63) is 11.8 Å². The standard InChI is InChI=1S/C10H16ClN3O2/c1-10(2,3)7-6-8(16-14-7)13-9(15)12-5-4-11/h6H,4-5H2,1-3H3,(H2,12,13,15). The molecule has 16 heavy (non-hydrogen) atoms. The fourth-order valence-corrected chi connectivity index (χ4v) is 1.10. The number of halogens is 1. The van der Waals surface area contributed by atoms with Gasteiger partial charge in [0.05, 0.1) is 5.69 Å². The van der Waals surface area contributed by atoms with E-state index in [2.05, 4.69) is 15.8 Å². The number of rotatable bonds is 3. The van der Waals surface area contributed by atoms with Crippen molar-refractivity contribution in [2.75, 3.05) is 17.7 Å².